The van der Waals surface area contributed by atoms with Gasteiger partial charge in [0.05, 0.1) is 12.0 Å². The van der Waals surface area contributed by atoms with Crippen molar-refractivity contribution < 1.29 is 14.5 Å². The number of ether oxygens (including phenoxy) is 1. The van der Waals surface area contributed by atoms with Gasteiger partial charge < -0.3 is 4.74 Å². The normalized spacial score (nSPS) is 20.2. The van der Waals surface area contributed by atoms with Crippen LogP contribution in [0.1, 0.15) is 37.8 Å². The highest BCUT2D eigenvalue weighted by molar-refractivity contribution is 6.30. The Morgan fingerprint density at radius 3 is 2.17 bits per heavy atom. The van der Waals surface area contributed by atoms with E-state index in [1.54, 1.807) is 12.1 Å². The molecule has 0 radical (unpaired) electrons. The SMILES string of the molecule is COC(=O)/C(Cc1ccc([N+](=O)[O-])cc1)=C1\[C@@H](C(C)(C)C)[C@@H]1c1ccc(Cl)cc1. The lowest BCUT2D eigenvalue weighted by molar-refractivity contribution is -0.384. The van der Waals surface area contributed by atoms with Gasteiger partial charge >= 0.3 is 5.97 Å². The molecule has 0 aliphatic heterocycles. The number of carbonyl (C=O) groups is 1. The maximum atomic E-state index is 12.7. The van der Waals surface area contributed by atoms with Crippen molar-refractivity contribution in [1.29, 1.82) is 0 Å². The molecular formula is C23H24ClNO4. The summed E-state index contributed by atoms with van der Waals surface area (Å²) in [6, 6.07) is 14.0. The number of esters is 1. The number of non-ortho nitro benzene ring substituents is 1. The third-order valence-electron chi connectivity index (χ3n) is 5.36. The number of nitro groups is 1. The molecule has 3 rings (SSSR count). The fraction of sp³-hybridized carbons (Fsp3) is 0.348. The van der Waals surface area contributed by atoms with E-state index in [2.05, 4.69) is 20.8 Å². The summed E-state index contributed by atoms with van der Waals surface area (Å²) in [7, 11) is 1.38. The molecule has 1 fully saturated rings. The lowest BCUT2D eigenvalue weighted by Crippen LogP contribution is -2.12. The quantitative estimate of drug-likeness (QED) is 0.272. The van der Waals surface area contributed by atoms with E-state index in [1.807, 2.05) is 24.3 Å². The highest BCUT2D eigenvalue weighted by atomic mass is 35.5. The molecule has 0 heterocycles. The third-order valence-corrected chi connectivity index (χ3v) is 5.62. The fourth-order valence-corrected chi connectivity index (χ4v) is 4.13. The van der Waals surface area contributed by atoms with E-state index in [9.17, 15) is 14.9 Å². The lowest BCUT2D eigenvalue weighted by Gasteiger charge is -2.18. The third kappa shape index (κ3) is 4.51. The summed E-state index contributed by atoms with van der Waals surface area (Å²) in [5, 5.41) is 11.6. The number of hydrogen-bond acceptors (Lipinski definition) is 4. The maximum Gasteiger partial charge on any atom is 0.334 e. The number of rotatable bonds is 5. The maximum absolute atomic E-state index is 12.7. The van der Waals surface area contributed by atoms with Crippen molar-refractivity contribution in [1.82, 2.24) is 0 Å². The molecule has 6 heteroatoms. The van der Waals surface area contributed by atoms with Crippen LogP contribution in [0.3, 0.4) is 0 Å². The van der Waals surface area contributed by atoms with Gasteiger partial charge in [-0.1, -0.05) is 56.6 Å². The first kappa shape index (κ1) is 21.1. The van der Waals surface area contributed by atoms with Crippen molar-refractivity contribution >= 4 is 23.3 Å². The van der Waals surface area contributed by atoms with E-state index in [0.29, 0.717) is 17.0 Å². The molecule has 0 saturated heterocycles. The number of methoxy groups -OCH3 is 1. The van der Waals surface area contributed by atoms with E-state index >= 15 is 0 Å². The van der Waals surface area contributed by atoms with Crippen LogP contribution >= 0.6 is 11.6 Å². The van der Waals surface area contributed by atoms with E-state index in [-0.39, 0.29) is 28.9 Å². The summed E-state index contributed by atoms with van der Waals surface area (Å²) in [4.78, 5) is 23.1. The second kappa shape index (κ2) is 7.99. The number of halogens is 1. The summed E-state index contributed by atoms with van der Waals surface area (Å²) in [5.41, 5.74) is 3.65. The molecule has 5 nitrogen and oxygen atoms in total. The predicted molar refractivity (Wildman–Crippen MR) is 113 cm³/mol. The average Bonchev–Trinajstić information content (AvgIpc) is 3.42. The van der Waals surface area contributed by atoms with Crippen LogP contribution in [0.15, 0.2) is 59.7 Å². The van der Waals surface area contributed by atoms with Crippen LogP contribution in [0.2, 0.25) is 5.02 Å². The van der Waals surface area contributed by atoms with Gasteiger partial charge in [0.2, 0.25) is 0 Å². The molecule has 1 aliphatic carbocycles. The zero-order valence-electron chi connectivity index (χ0n) is 16.9. The fourth-order valence-electron chi connectivity index (χ4n) is 4.00. The van der Waals surface area contributed by atoms with Gasteiger partial charge in [0, 0.05) is 35.1 Å². The van der Waals surface area contributed by atoms with E-state index < -0.39 is 4.92 Å². The summed E-state index contributed by atoms with van der Waals surface area (Å²) in [5.74, 6) is -0.0284. The molecule has 0 amide bonds. The van der Waals surface area contributed by atoms with Crippen LogP contribution < -0.4 is 0 Å². The standard InChI is InChI=1S/C23H24ClNO4/c1-23(2,3)21-19(15-7-9-16(24)10-8-15)20(21)18(22(26)29-4)13-14-5-11-17(12-6-14)25(27)28/h5-12,19,21H,13H2,1-4H3/b20-18-/t19-,21+/m1/s1. The topological polar surface area (TPSA) is 69.4 Å². The Bertz CT molecular complexity index is 956. The average molecular weight is 414 g/mol. The van der Waals surface area contributed by atoms with Gasteiger partial charge in [-0.3, -0.25) is 10.1 Å². The van der Waals surface area contributed by atoms with Crippen molar-refractivity contribution in [3.8, 4) is 0 Å². The van der Waals surface area contributed by atoms with E-state index in [0.717, 1.165) is 16.7 Å². The van der Waals surface area contributed by atoms with Gasteiger partial charge in [-0.15, -0.1) is 0 Å². The minimum Gasteiger partial charge on any atom is -0.466 e. The Labute approximate surface area is 175 Å². The minimum absolute atomic E-state index is 0.0269. The minimum atomic E-state index is -0.434. The molecule has 2 aromatic rings. The molecule has 0 bridgehead atoms. The zero-order valence-corrected chi connectivity index (χ0v) is 17.7. The molecule has 0 N–H and O–H groups in total. The molecule has 152 valence electrons. The molecule has 2 atom stereocenters. The van der Waals surface area contributed by atoms with Crippen LogP contribution in [-0.4, -0.2) is 18.0 Å². The van der Waals surface area contributed by atoms with Gasteiger partial charge in [-0.05, 0) is 40.2 Å². The van der Waals surface area contributed by atoms with E-state index in [4.69, 9.17) is 16.3 Å². The molecule has 0 unspecified atom stereocenters. The van der Waals surface area contributed by atoms with Crippen LogP contribution in [0.4, 0.5) is 5.69 Å². The van der Waals surface area contributed by atoms with Crippen LogP contribution in [0.25, 0.3) is 0 Å². The second-order valence-corrected chi connectivity index (χ2v) is 8.84. The van der Waals surface area contributed by atoms with Crippen molar-refractivity contribution in [3.05, 3.63) is 85.9 Å². The largest absolute Gasteiger partial charge is 0.466 e. The first-order chi connectivity index (χ1) is 13.6. The summed E-state index contributed by atoms with van der Waals surface area (Å²) in [6.07, 6.45) is 0.372. The number of carbonyl (C=O) groups excluding carboxylic acids is 1. The molecule has 1 saturated carbocycles. The van der Waals surface area contributed by atoms with Crippen LogP contribution in [0, 0.1) is 21.4 Å². The number of nitrogens with zero attached hydrogens (tertiary/aromatic N) is 1. The predicted octanol–water partition coefficient (Wildman–Crippen LogP) is 5.72. The smallest absolute Gasteiger partial charge is 0.334 e. The van der Waals surface area contributed by atoms with Gasteiger partial charge in [0.25, 0.3) is 5.69 Å². The van der Waals surface area contributed by atoms with Crippen LogP contribution in [-0.2, 0) is 16.0 Å². The van der Waals surface area contributed by atoms with Crippen molar-refractivity contribution in [3.63, 3.8) is 0 Å². The number of allylic oxidation sites excluding steroid dienone is 1. The van der Waals surface area contributed by atoms with Gasteiger partial charge in [0.15, 0.2) is 0 Å². The van der Waals surface area contributed by atoms with Gasteiger partial charge in [0.1, 0.15) is 0 Å². The molecule has 0 aromatic heterocycles. The van der Waals surface area contributed by atoms with Crippen LogP contribution in [0.5, 0.6) is 0 Å². The highest BCUT2D eigenvalue weighted by Gasteiger charge is 2.53. The zero-order chi connectivity index (χ0) is 21.3. The first-order valence-corrected chi connectivity index (χ1v) is 9.81. The molecular weight excluding hydrogens is 390 g/mol. The number of benzene rings is 2. The summed E-state index contributed by atoms with van der Waals surface area (Å²) < 4.78 is 5.09. The van der Waals surface area contributed by atoms with Crippen molar-refractivity contribution in [2.24, 2.45) is 11.3 Å². The Balaban J connectivity index is 2.03. The Morgan fingerprint density at radius 1 is 1.10 bits per heavy atom. The summed E-state index contributed by atoms with van der Waals surface area (Å²) in [6.45, 7) is 6.48. The second-order valence-electron chi connectivity index (χ2n) is 8.40. The number of hydrogen-bond donors (Lipinski definition) is 0. The lowest BCUT2D eigenvalue weighted by atomic mass is 9.87. The molecule has 2 aromatic carbocycles. The van der Waals surface area contributed by atoms with E-state index in [1.165, 1.54) is 19.2 Å². The Hall–Kier alpha value is -2.66. The van der Waals surface area contributed by atoms with Crippen molar-refractivity contribution in [2.75, 3.05) is 7.11 Å². The Morgan fingerprint density at radius 2 is 1.69 bits per heavy atom. The molecule has 29 heavy (non-hydrogen) atoms. The van der Waals surface area contributed by atoms with Crippen molar-refractivity contribution in [2.45, 2.75) is 33.1 Å². The van der Waals surface area contributed by atoms with Gasteiger partial charge in [-0.25, -0.2) is 4.79 Å². The summed E-state index contributed by atoms with van der Waals surface area (Å²) >= 11 is 6.04. The first-order valence-electron chi connectivity index (χ1n) is 9.43. The number of nitro benzene ring substituents is 1. The molecule has 1 aliphatic rings. The molecule has 0 spiro atoms. The highest BCUT2D eigenvalue weighted by Crippen LogP contribution is 2.63. The van der Waals surface area contributed by atoms with Gasteiger partial charge in [-0.2, -0.15) is 0 Å². The Kier molecular flexibility index (Phi) is 5.80. The monoisotopic (exact) mass is 413 g/mol.